The summed E-state index contributed by atoms with van der Waals surface area (Å²) >= 11 is 0. The van der Waals surface area contributed by atoms with Gasteiger partial charge in [0.15, 0.2) is 5.78 Å². The van der Waals surface area contributed by atoms with Gasteiger partial charge in [-0.1, -0.05) is 38.5 Å². The highest BCUT2D eigenvalue weighted by molar-refractivity contribution is 5.94. The number of ether oxygens (including phenoxy) is 1. The predicted molar refractivity (Wildman–Crippen MR) is 99.3 cm³/mol. The molecule has 1 saturated heterocycles. The molecule has 0 amide bonds. The molecule has 4 aliphatic carbocycles. The van der Waals surface area contributed by atoms with Crippen LogP contribution in [-0.2, 0) is 14.3 Å². The number of carbonyl (C=O) groups is 2. The third-order valence-electron chi connectivity index (χ3n) is 8.53. The van der Waals surface area contributed by atoms with Gasteiger partial charge in [-0.15, -0.1) is 0 Å². The highest BCUT2D eigenvalue weighted by Crippen LogP contribution is 2.66. The van der Waals surface area contributed by atoms with Crippen LogP contribution in [0.5, 0.6) is 0 Å². The van der Waals surface area contributed by atoms with Gasteiger partial charge in [0.25, 0.3) is 0 Å². The molecular weight excluding hydrogens is 324 g/mol. The van der Waals surface area contributed by atoms with Gasteiger partial charge in [-0.05, 0) is 61.7 Å². The van der Waals surface area contributed by atoms with E-state index in [2.05, 4.69) is 32.9 Å². The third-order valence-corrected chi connectivity index (χ3v) is 8.53. The van der Waals surface area contributed by atoms with Crippen LogP contribution in [0.4, 0.5) is 0 Å². The molecule has 26 heavy (non-hydrogen) atoms. The van der Waals surface area contributed by atoms with E-state index in [9.17, 15) is 9.59 Å². The number of esters is 1. The molecule has 0 aromatic heterocycles. The van der Waals surface area contributed by atoms with Crippen LogP contribution in [0.2, 0.25) is 0 Å². The first-order valence-electron chi connectivity index (χ1n) is 10.2. The SMILES string of the molecule is C[C@@H]1C[C@@]2(C)C(=CC1=O)C=CC1=C3CC[C@@]4(CCC(=O)O4)[C@@]3(C)CC[C@@H]12. The van der Waals surface area contributed by atoms with Gasteiger partial charge in [-0.2, -0.15) is 0 Å². The molecule has 0 bridgehead atoms. The summed E-state index contributed by atoms with van der Waals surface area (Å²) < 4.78 is 5.97. The summed E-state index contributed by atoms with van der Waals surface area (Å²) in [5.74, 6) is 0.859. The predicted octanol–water partition coefficient (Wildman–Crippen LogP) is 4.68. The molecule has 5 rings (SSSR count). The van der Waals surface area contributed by atoms with Crippen molar-refractivity contribution in [2.75, 3.05) is 0 Å². The highest BCUT2D eigenvalue weighted by atomic mass is 16.6. The fraction of sp³-hybridized carbons (Fsp3) is 0.652. The molecule has 0 N–H and O–H groups in total. The molecule has 0 aromatic rings. The smallest absolute Gasteiger partial charge is 0.306 e. The lowest BCUT2D eigenvalue weighted by Gasteiger charge is -2.52. The lowest BCUT2D eigenvalue weighted by Crippen LogP contribution is -2.48. The largest absolute Gasteiger partial charge is 0.458 e. The Morgan fingerprint density at radius 2 is 1.85 bits per heavy atom. The maximum atomic E-state index is 12.2. The number of allylic oxidation sites excluding steroid dienone is 5. The monoisotopic (exact) mass is 352 g/mol. The zero-order chi connectivity index (χ0) is 18.3. The van der Waals surface area contributed by atoms with E-state index in [-0.39, 0.29) is 34.1 Å². The Balaban J connectivity index is 1.63. The van der Waals surface area contributed by atoms with Crippen LogP contribution >= 0.6 is 0 Å². The Morgan fingerprint density at radius 3 is 2.58 bits per heavy atom. The lowest BCUT2D eigenvalue weighted by molar-refractivity contribution is -0.156. The van der Waals surface area contributed by atoms with E-state index in [1.165, 1.54) is 16.7 Å². The minimum absolute atomic E-state index is 0.0109. The molecule has 1 heterocycles. The molecule has 3 heteroatoms. The summed E-state index contributed by atoms with van der Waals surface area (Å²) in [7, 11) is 0. The molecule has 1 saturated carbocycles. The zero-order valence-corrected chi connectivity index (χ0v) is 16.1. The molecule has 1 spiro atoms. The molecule has 2 fully saturated rings. The number of fused-ring (bicyclic) bond motifs is 5. The maximum absolute atomic E-state index is 12.2. The van der Waals surface area contributed by atoms with E-state index < -0.39 is 0 Å². The molecule has 0 radical (unpaired) electrons. The van der Waals surface area contributed by atoms with Crippen molar-refractivity contribution in [1.29, 1.82) is 0 Å². The number of ketones is 1. The number of rotatable bonds is 0. The summed E-state index contributed by atoms with van der Waals surface area (Å²) in [5.41, 5.74) is 4.03. The second kappa shape index (κ2) is 4.99. The highest BCUT2D eigenvalue weighted by Gasteiger charge is 2.62. The summed E-state index contributed by atoms with van der Waals surface area (Å²) in [6.07, 6.45) is 13.0. The van der Waals surface area contributed by atoms with Gasteiger partial charge in [0.05, 0.1) is 0 Å². The van der Waals surface area contributed by atoms with Gasteiger partial charge < -0.3 is 4.74 Å². The van der Waals surface area contributed by atoms with E-state index in [0.29, 0.717) is 12.3 Å². The normalized spacial score (nSPS) is 46.8. The van der Waals surface area contributed by atoms with Crippen molar-refractivity contribution in [3.63, 3.8) is 0 Å². The van der Waals surface area contributed by atoms with E-state index in [1.807, 2.05) is 6.08 Å². The summed E-state index contributed by atoms with van der Waals surface area (Å²) in [4.78, 5) is 24.1. The second-order valence-electron chi connectivity index (χ2n) is 9.68. The molecule has 5 atom stereocenters. The van der Waals surface area contributed by atoms with Crippen molar-refractivity contribution in [2.24, 2.45) is 22.7 Å². The fourth-order valence-corrected chi connectivity index (χ4v) is 6.94. The molecule has 5 aliphatic rings. The van der Waals surface area contributed by atoms with E-state index >= 15 is 0 Å². The fourth-order valence-electron chi connectivity index (χ4n) is 6.94. The molecule has 0 unspecified atom stereocenters. The Morgan fingerprint density at radius 1 is 1.08 bits per heavy atom. The van der Waals surface area contributed by atoms with Gasteiger partial charge in [0, 0.05) is 23.2 Å². The van der Waals surface area contributed by atoms with Crippen molar-refractivity contribution < 1.29 is 14.3 Å². The molecule has 0 aromatic carbocycles. The maximum Gasteiger partial charge on any atom is 0.306 e. The first-order chi connectivity index (χ1) is 12.3. The second-order valence-corrected chi connectivity index (χ2v) is 9.68. The average molecular weight is 352 g/mol. The van der Waals surface area contributed by atoms with Crippen molar-refractivity contribution in [3.8, 4) is 0 Å². The van der Waals surface area contributed by atoms with Crippen molar-refractivity contribution in [3.05, 3.63) is 34.9 Å². The Labute approximate surface area is 155 Å². The minimum Gasteiger partial charge on any atom is -0.458 e. The number of carbonyl (C=O) groups excluding carboxylic acids is 2. The van der Waals surface area contributed by atoms with Crippen molar-refractivity contribution >= 4 is 11.8 Å². The lowest BCUT2D eigenvalue weighted by atomic mass is 9.52. The molecule has 138 valence electrons. The Kier molecular flexibility index (Phi) is 3.17. The molecule has 3 nitrogen and oxygen atoms in total. The van der Waals surface area contributed by atoms with Gasteiger partial charge in [-0.25, -0.2) is 0 Å². The first-order valence-corrected chi connectivity index (χ1v) is 10.2. The molecular formula is C23H28O3. The summed E-state index contributed by atoms with van der Waals surface area (Å²) in [6, 6.07) is 0. The minimum atomic E-state index is -0.266. The van der Waals surface area contributed by atoms with Crippen molar-refractivity contribution in [1.82, 2.24) is 0 Å². The summed E-state index contributed by atoms with van der Waals surface area (Å²) in [5, 5.41) is 0. The summed E-state index contributed by atoms with van der Waals surface area (Å²) in [6.45, 7) is 6.77. The van der Waals surface area contributed by atoms with E-state index in [0.717, 1.165) is 38.5 Å². The van der Waals surface area contributed by atoms with Crippen molar-refractivity contribution in [2.45, 2.75) is 71.3 Å². The van der Waals surface area contributed by atoms with Crippen LogP contribution in [0.1, 0.15) is 65.7 Å². The first kappa shape index (κ1) is 16.5. The van der Waals surface area contributed by atoms with Crippen LogP contribution in [0.15, 0.2) is 34.9 Å². The van der Waals surface area contributed by atoms with Crippen LogP contribution in [0.25, 0.3) is 0 Å². The standard InChI is InChI=1S/C23H28O3/c1-14-13-21(2)15(12-19(14)24)4-5-16-17(21)6-9-22(3)18(16)7-10-23(22)11-8-20(25)26-23/h4-5,12,14,17H,6-11,13H2,1-3H3/t14-,17+,21+,22+,23-/m1/s1. The average Bonchev–Trinajstić information content (AvgIpc) is 3.10. The zero-order valence-electron chi connectivity index (χ0n) is 16.1. The van der Waals surface area contributed by atoms with Crippen LogP contribution in [-0.4, -0.2) is 17.4 Å². The topological polar surface area (TPSA) is 43.4 Å². The van der Waals surface area contributed by atoms with Crippen LogP contribution in [0.3, 0.4) is 0 Å². The quantitative estimate of drug-likeness (QED) is 0.595. The number of hydrogen-bond donors (Lipinski definition) is 0. The number of hydrogen-bond acceptors (Lipinski definition) is 3. The van der Waals surface area contributed by atoms with Gasteiger partial charge in [0.1, 0.15) is 5.60 Å². The van der Waals surface area contributed by atoms with E-state index in [1.54, 1.807) is 0 Å². The van der Waals surface area contributed by atoms with Crippen LogP contribution < -0.4 is 0 Å². The van der Waals surface area contributed by atoms with Gasteiger partial charge in [0.2, 0.25) is 0 Å². The third kappa shape index (κ3) is 1.84. The van der Waals surface area contributed by atoms with Gasteiger partial charge >= 0.3 is 5.97 Å². The Bertz CT molecular complexity index is 815. The van der Waals surface area contributed by atoms with Gasteiger partial charge in [-0.3, -0.25) is 9.59 Å². The van der Waals surface area contributed by atoms with Crippen LogP contribution in [0, 0.1) is 22.7 Å². The van der Waals surface area contributed by atoms with E-state index in [4.69, 9.17) is 4.74 Å². The Hall–Kier alpha value is -1.64. The molecule has 1 aliphatic heterocycles.